The van der Waals surface area contributed by atoms with E-state index < -0.39 is 0 Å². The number of hydrogen-bond acceptors (Lipinski definition) is 5. The standard InChI is InChI=1S/C21H27N5O2/c1-26(2)18(12-16-4-8-19(27)9-5-16)14-24-21(25-15-22)23-13-17-6-10-20(28-3)11-7-17/h4-11,18,27H,12-14H2,1-3H3,(H2,23,24,25)/t18-/m0/s1. The lowest BCUT2D eigenvalue weighted by molar-refractivity contribution is 0.290. The summed E-state index contributed by atoms with van der Waals surface area (Å²) in [6.07, 6.45) is 2.73. The van der Waals surface area contributed by atoms with Crippen LogP contribution in [0.1, 0.15) is 11.1 Å². The van der Waals surface area contributed by atoms with E-state index in [1.54, 1.807) is 19.2 Å². The minimum Gasteiger partial charge on any atom is -0.508 e. The van der Waals surface area contributed by atoms with Crippen LogP contribution >= 0.6 is 0 Å². The van der Waals surface area contributed by atoms with Crippen molar-refractivity contribution in [1.82, 2.24) is 15.5 Å². The Labute approximate surface area is 166 Å². The molecule has 2 rings (SSSR count). The van der Waals surface area contributed by atoms with Crippen molar-refractivity contribution in [2.24, 2.45) is 4.99 Å². The van der Waals surface area contributed by atoms with Gasteiger partial charge in [-0.15, -0.1) is 0 Å². The molecule has 0 amide bonds. The van der Waals surface area contributed by atoms with Crippen molar-refractivity contribution in [3.63, 3.8) is 0 Å². The van der Waals surface area contributed by atoms with Crippen molar-refractivity contribution in [1.29, 1.82) is 5.26 Å². The van der Waals surface area contributed by atoms with Gasteiger partial charge in [0.2, 0.25) is 5.96 Å². The summed E-state index contributed by atoms with van der Waals surface area (Å²) in [5.41, 5.74) is 2.15. The van der Waals surface area contributed by atoms with Crippen LogP contribution in [0.5, 0.6) is 11.5 Å². The maximum Gasteiger partial charge on any atom is 0.205 e. The highest BCUT2D eigenvalue weighted by atomic mass is 16.5. The number of guanidine groups is 1. The van der Waals surface area contributed by atoms with Gasteiger partial charge in [-0.2, -0.15) is 5.26 Å². The van der Waals surface area contributed by atoms with Crippen LogP contribution in [0.4, 0.5) is 0 Å². The maximum atomic E-state index is 9.43. The smallest absolute Gasteiger partial charge is 0.205 e. The number of nitrogens with one attached hydrogen (secondary N) is 2. The van der Waals surface area contributed by atoms with Gasteiger partial charge in [-0.3, -0.25) is 5.32 Å². The SMILES string of the molecule is COc1ccc(CN=C(NC#N)NC[C@H](Cc2ccc(O)cc2)N(C)C)cc1. The Hall–Kier alpha value is -3.24. The molecule has 3 N–H and O–H groups in total. The van der Waals surface area contributed by atoms with E-state index in [2.05, 4.69) is 20.5 Å². The number of methoxy groups -OCH3 is 1. The van der Waals surface area contributed by atoms with Gasteiger partial charge in [0.05, 0.1) is 13.7 Å². The van der Waals surface area contributed by atoms with E-state index >= 15 is 0 Å². The second kappa shape index (κ2) is 10.8. The first-order chi connectivity index (χ1) is 13.5. The Morgan fingerprint density at radius 1 is 1.14 bits per heavy atom. The number of hydrogen-bond donors (Lipinski definition) is 3. The van der Waals surface area contributed by atoms with Crippen LogP contribution in [0.2, 0.25) is 0 Å². The van der Waals surface area contributed by atoms with Crippen molar-refractivity contribution in [2.45, 2.75) is 19.0 Å². The van der Waals surface area contributed by atoms with E-state index in [4.69, 9.17) is 10.00 Å². The van der Waals surface area contributed by atoms with Crippen LogP contribution in [0.3, 0.4) is 0 Å². The van der Waals surface area contributed by atoms with Gasteiger partial charge < -0.3 is 20.1 Å². The fourth-order valence-corrected chi connectivity index (χ4v) is 2.65. The summed E-state index contributed by atoms with van der Waals surface area (Å²) in [5.74, 6) is 1.50. The second-order valence-electron chi connectivity index (χ2n) is 6.62. The van der Waals surface area contributed by atoms with E-state index in [-0.39, 0.29) is 11.8 Å². The van der Waals surface area contributed by atoms with E-state index in [1.165, 1.54) is 0 Å². The molecule has 28 heavy (non-hydrogen) atoms. The number of benzene rings is 2. The molecule has 7 heteroatoms. The predicted octanol–water partition coefficient (Wildman–Crippen LogP) is 2.09. The topological polar surface area (TPSA) is 92.9 Å². The van der Waals surface area contributed by atoms with Gasteiger partial charge in [-0.1, -0.05) is 24.3 Å². The Bertz CT molecular complexity index is 795. The van der Waals surface area contributed by atoms with Crippen molar-refractivity contribution in [3.8, 4) is 17.7 Å². The Morgan fingerprint density at radius 3 is 2.36 bits per heavy atom. The van der Waals surface area contributed by atoms with Crippen LogP contribution in [0, 0.1) is 11.5 Å². The van der Waals surface area contributed by atoms with Gasteiger partial charge in [0.15, 0.2) is 6.19 Å². The number of nitrogens with zero attached hydrogens (tertiary/aromatic N) is 3. The highest BCUT2D eigenvalue weighted by Crippen LogP contribution is 2.13. The molecule has 0 saturated carbocycles. The lowest BCUT2D eigenvalue weighted by Crippen LogP contribution is -2.45. The molecule has 7 nitrogen and oxygen atoms in total. The maximum absolute atomic E-state index is 9.43. The quantitative estimate of drug-likeness (QED) is 0.281. The molecule has 0 heterocycles. The molecule has 2 aromatic carbocycles. The molecule has 148 valence electrons. The predicted molar refractivity (Wildman–Crippen MR) is 110 cm³/mol. The van der Waals surface area contributed by atoms with Crippen LogP contribution in [-0.4, -0.2) is 49.8 Å². The second-order valence-corrected chi connectivity index (χ2v) is 6.62. The summed E-state index contributed by atoms with van der Waals surface area (Å²) < 4.78 is 5.15. The lowest BCUT2D eigenvalue weighted by atomic mass is 10.1. The van der Waals surface area contributed by atoms with E-state index in [9.17, 15) is 5.11 Å². The molecule has 0 fully saturated rings. The van der Waals surface area contributed by atoms with Gasteiger partial charge in [-0.05, 0) is 55.9 Å². The summed E-state index contributed by atoms with van der Waals surface area (Å²) in [5, 5.41) is 24.3. The number of aromatic hydroxyl groups is 1. The lowest BCUT2D eigenvalue weighted by Gasteiger charge is -2.25. The Balaban J connectivity index is 1.98. The largest absolute Gasteiger partial charge is 0.508 e. The third-order valence-corrected chi connectivity index (χ3v) is 4.40. The molecule has 2 aromatic rings. The van der Waals surface area contributed by atoms with Gasteiger partial charge >= 0.3 is 0 Å². The first kappa shape index (κ1) is 21.1. The van der Waals surface area contributed by atoms with E-state index in [0.717, 1.165) is 23.3 Å². The molecule has 0 spiro atoms. The van der Waals surface area contributed by atoms with Crippen molar-refractivity contribution in [3.05, 3.63) is 59.7 Å². The molecular weight excluding hydrogens is 354 g/mol. The first-order valence-corrected chi connectivity index (χ1v) is 9.02. The van der Waals surface area contributed by atoms with Crippen molar-refractivity contribution < 1.29 is 9.84 Å². The average molecular weight is 381 g/mol. The number of phenolic OH excluding ortho intramolecular Hbond substituents is 1. The highest BCUT2D eigenvalue weighted by molar-refractivity contribution is 5.81. The molecule has 0 unspecified atom stereocenters. The first-order valence-electron chi connectivity index (χ1n) is 9.02. The summed E-state index contributed by atoms with van der Waals surface area (Å²) in [4.78, 5) is 6.59. The average Bonchev–Trinajstić information content (AvgIpc) is 2.70. The summed E-state index contributed by atoms with van der Waals surface area (Å²) in [7, 11) is 5.66. The van der Waals surface area contributed by atoms with Gasteiger partial charge in [-0.25, -0.2) is 4.99 Å². The van der Waals surface area contributed by atoms with Gasteiger partial charge in [0, 0.05) is 12.6 Å². The molecule has 0 aromatic heterocycles. The molecule has 1 atom stereocenters. The Morgan fingerprint density at radius 2 is 1.79 bits per heavy atom. The third-order valence-electron chi connectivity index (χ3n) is 4.40. The molecule has 0 saturated heterocycles. The summed E-state index contributed by atoms with van der Waals surface area (Å²) >= 11 is 0. The zero-order valence-corrected chi connectivity index (χ0v) is 16.5. The minimum absolute atomic E-state index is 0.191. The number of phenols is 1. The van der Waals surface area contributed by atoms with Gasteiger partial charge in [0.25, 0.3) is 0 Å². The zero-order valence-electron chi connectivity index (χ0n) is 16.5. The van der Waals surface area contributed by atoms with Crippen LogP contribution in [0.15, 0.2) is 53.5 Å². The number of aliphatic imine (C=N–C) groups is 1. The summed E-state index contributed by atoms with van der Waals surface area (Å²) in [6.45, 7) is 1.07. The third kappa shape index (κ3) is 6.82. The van der Waals surface area contributed by atoms with Crippen molar-refractivity contribution in [2.75, 3.05) is 27.7 Å². The molecule has 0 radical (unpaired) electrons. The number of nitriles is 1. The van der Waals surface area contributed by atoms with Crippen LogP contribution < -0.4 is 15.4 Å². The summed E-state index contributed by atoms with van der Waals surface area (Å²) in [6, 6.07) is 15.1. The fourth-order valence-electron chi connectivity index (χ4n) is 2.65. The van der Waals surface area contributed by atoms with Crippen LogP contribution in [-0.2, 0) is 13.0 Å². The minimum atomic E-state index is 0.191. The number of rotatable bonds is 8. The molecule has 0 aliphatic carbocycles. The highest BCUT2D eigenvalue weighted by Gasteiger charge is 2.13. The normalized spacial score (nSPS) is 12.3. The zero-order chi connectivity index (χ0) is 20.4. The van der Waals surface area contributed by atoms with Gasteiger partial charge in [0.1, 0.15) is 11.5 Å². The van der Waals surface area contributed by atoms with Crippen molar-refractivity contribution >= 4 is 5.96 Å². The van der Waals surface area contributed by atoms with E-state index in [0.29, 0.717) is 19.0 Å². The number of likely N-dealkylation sites (N-methyl/N-ethyl adjacent to an activating group) is 1. The fraction of sp³-hybridized carbons (Fsp3) is 0.333. The molecule has 0 aliphatic heterocycles. The molecule has 0 bridgehead atoms. The molecular formula is C21H27N5O2. The van der Waals surface area contributed by atoms with E-state index in [1.807, 2.05) is 56.7 Å². The number of ether oxygens (including phenoxy) is 1. The van der Waals surface area contributed by atoms with Crippen LogP contribution in [0.25, 0.3) is 0 Å². The monoisotopic (exact) mass is 381 g/mol. The Kier molecular flexibility index (Phi) is 8.12. The molecule has 0 aliphatic rings.